The SMILES string of the molecule is CC(Nc1nnc(Cc2ccc(F)cc2)s1)c1cnn(C)c1. The van der Waals surface area contributed by atoms with Crippen molar-refractivity contribution in [3.05, 3.63) is 58.6 Å². The number of nitrogens with one attached hydrogen (secondary N) is 1. The molecule has 0 radical (unpaired) electrons. The van der Waals surface area contributed by atoms with Crippen LogP contribution in [0.3, 0.4) is 0 Å². The Bertz CT molecular complexity index is 749. The molecular formula is C15H16FN5S. The first-order valence-corrected chi connectivity index (χ1v) is 7.74. The van der Waals surface area contributed by atoms with Gasteiger partial charge in [0.15, 0.2) is 0 Å². The standard InChI is InChI=1S/C15H16FN5S/c1-10(12-8-17-21(2)9-12)18-15-20-19-14(22-15)7-11-3-5-13(16)6-4-11/h3-6,8-10H,7H2,1-2H3,(H,18,20). The van der Waals surface area contributed by atoms with Crippen LogP contribution in [-0.4, -0.2) is 20.0 Å². The number of benzene rings is 1. The van der Waals surface area contributed by atoms with Crippen LogP contribution < -0.4 is 5.32 Å². The number of hydrogen-bond donors (Lipinski definition) is 1. The van der Waals surface area contributed by atoms with E-state index < -0.39 is 0 Å². The van der Waals surface area contributed by atoms with Crippen LogP contribution in [0.4, 0.5) is 9.52 Å². The molecule has 1 atom stereocenters. The molecule has 0 aliphatic carbocycles. The Balaban J connectivity index is 1.64. The van der Waals surface area contributed by atoms with E-state index in [1.165, 1.54) is 23.5 Å². The third-order valence-electron chi connectivity index (χ3n) is 3.30. The summed E-state index contributed by atoms with van der Waals surface area (Å²) in [5.41, 5.74) is 2.11. The summed E-state index contributed by atoms with van der Waals surface area (Å²) in [5, 5.41) is 17.5. The molecule has 0 fully saturated rings. The highest BCUT2D eigenvalue weighted by Gasteiger charge is 2.11. The van der Waals surface area contributed by atoms with Gasteiger partial charge in [-0.25, -0.2) is 4.39 Å². The van der Waals surface area contributed by atoms with E-state index in [-0.39, 0.29) is 11.9 Å². The molecule has 1 unspecified atom stereocenters. The molecule has 7 heteroatoms. The second-order valence-corrected chi connectivity index (χ2v) is 6.18. The van der Waals surface area contributed by atoms with E-state index in [9.17, 15) is 4.39 Å². The van der Waals surface area contributed by atoms with Gasteiger partial charge in [-0.05, 0) is 24.6 Å². The minimum atomic E-state index is -0.228. The van der Waals surface area contributed by atoms with Crippen LogP contribution in [-0.2, 0) is 13.5 Å². The zero-order valence-corrected chi connectivity index (χ0v) is 13.1. The van der Waals surface area contributed by atoms with Gasteiger partial charge in [-0.1, -0.05) is 23.5 Å². The van der Waals surface area contributed by atoms with Gasteiger partial charge in [-0.3, -0.25) is 4.68 Å². The summed E-state index contributed by atoms with van der Waals surface area (Å²) in [6, 6.07) is 6.56. The molecule has 114 valence electrons. The summed E-state index contributed by atoms with van der Waals surface area (Å²) in [4.78, 5) is 0. The number of aromatic nitrogens is 4. The lowest BCUT2D eigenvalue weighted by Gasteiger charge is -2.09. The van der Waals surface area contributed by atoms with Crippen LogP contribution in [0.15, 0.2) is 36.7 Å². The summed E-state index contributed by atoms with van der Waals surface area (Å²) in [7, 11) is 1.89. The number of anilines is 1. The summed E-state index contributed by atoms with van der Waals surface area (Å²) in [6.07, 6.45) is 4.46. The van der Waals surface area contributed by atoms with Crippen molar-refractivity contribution in [3.8, 4) is 0 Å². The third kappa shape index (κ3) is 3.48. The zero-order valence-electron chi connectivity index (χ0n) is 12.3. The van der Waals surface area contributed by atoms with Gasteiger partial charge in [0.2, 0.25) is 5.13 Å². The number of nitrogens with zero attached hydrogens (tertiary/aromatic N) is 4. The van der Waals surface area contributed by atoms with E-state index in [0.29, 0.717) is 6.42 Å². The fourth-order valence-electron chi connectivity index (χ4n) is 2.09. The summed E-state index contributed by atoms with van der Waals surface area (Å²) >= 11 is 1.51. The first-order chi connectivity index (χ1) is 10.6. The first kappa shape index (κ1) is 14.6. The van der Waals surface area contributed by atoms with Gasteiger partial charge in [0, 0.05) is 25.2 Å². The van der Waals surface area contributed by atoms with E-state index in [4.69, 9.17) is 0 Å². The van der Waals surface area contributed by atoms with Crippen LogP contribution in [0, 0.1) is 5.82 Å². The maximum atomic E-state index is 12.9. The second-order valence-electron chi connectivity index (χ2n) is 5.12. The van der Waals surface area contributed by atoms with Crippen molar-refractivity contribution in [2.45, 2.75) is 19.4 Å². The van der Waals surface area contributed by atoms with E-state index in [1.54, 1.807) is 16.8 Å². The Morgan fingerprint density at radius 1 is 1.27 bits per heavy atom. The van der Waals surface area contributed by atoms with Crippen molar-refractivity contribution < 1.29 is 4.39 Å². The second kappa shape index (κ2) is 6.23. The fraction of sp³-hybridized carbons (Fsp3) is 0.267. The van der Waals surface area contributed by atoms with Crippen LogP contribution in [0.1, 0.15) is 29.1 Å². The number of aryl methyl sites for hydroxylation is 1. The smallest absolute Gasteiger partial charge is 0.206 e. The Morgan fingerprint density at radius 3 is 2.73 bits per heavy atom. The van der Waals surface area contributed by atoms with Crippen LogP contribution >= 0.6 is 11.3 Å². The van der Waals surface area contributed by atoms with Crippen molar-refractivity contribution in [3.63, 3.8) is 0 Å². The van der Waals surface area contributed by atoms with Crippen molar-refractivity contribution in [1.29, 1.82) is 0 Å². The Hall–Kier alpha value is -2.28. The average Bonchev–Trinajstić information content (AvgIpc) is 3.11. The highest BCUT2D eigenvalue weighted by Crippen LogP contribution is 2.23. The Morgan fingerprint density at radius 2 is 2.05 bits per heavy atom. The Labute approximate surface area is 131 Å². The normalized spacial score (nSPS) is 12.3. The predicted molar refractivity (Wildman–Crippen MR) is 84.4 cm³/mol. The number of halogens is 1. The molecule has 0 saturated carbocycles. The molecule has 2 aromatic heterocycles. The molecule has 2 heterocycles. The van der Waals surface area contributed by atoms with Gasteiger partial charge in [-0.2, -0.15) is 5.10 Å². The molecule has 0 aliphatic rings. The first-order valence-electron chi connectivity index (χ1n) is 6.92. The van der Waals surface area contributed by atoms with Gasteiger partial charge < -0.3 is 5.32 Å². The quantitative estimate of drug-likeness (QED) is 0.785. The van der Waals surface area contributed by atoms with E-state index in [2.05, 4.69) is 27.5 Å². The molecule has 0 amide bonds. The highest BCUT2D eigenvalue weighted by atomic mass is 32.1. The van der Waals surface area contributed by atoms with Crippen molar-refractivity contribution >= 4 is 16.5 Å². The molecule has 0 saturated heterocycles. The van der Waals surface area contributed by atoms with E-state index in [1.807, 2.05) is 19.4 Å². The highest BCUT2D eigenvalue weighted by molar-refractivity contribution is 7.15. The molecule has 1 aromatic carbocycles. The van der Waals surface area contributed by atoms with Crippen molar-refractivity contribution in [2.24, 2.45) is 7.05 Å². The lowest BCUT2D eigenvalue weighted by atomic mass is 10.2. The molecule has 3 rings (SSSR count). The number of hydrogen-bond acceptors (Lipinski definition) is 5. The lowest BCUT2D eigenvalue weighted by Crippen LogP contribution is -2.05. The molecule has 0 spiro atoms. The fourth-order valence-corrected chi connectivity index (χ4v) is 2.95. The van der Waals surface area contributed by atoms with Gasteiger partial charge in [0.05, 0.1) is 12.2 Å². The maximum Gasteiger partial charge on any atom is 0.206 e. The van der Waals surface area contributed by atoms with Gasteiger partial charge in [0.25, 0.3) is 0 Å². The lowest BCUT2D eigenvalue weighted by molar-refractivity contribution is 0.627. The molecule has 5 nitrogen and oxygen atoms in total. The topological polar surface area (TPSA) is 55.6 Å². The van der Waals surface area contributed by atoms with Crippen LogP contribution in [0.5, 0.6) is 0 Å². The van der Waals surface area contributed by atoms with E-state index in [0.717, 1.165) is 21.3 Å². The monoisotopic (exact) mass is 317 g/mol. The summed E-state index contributed by atoms with van der Waals surface area (Å²) in [6.45, 7) is 2.05. The number of rotatable bonds is 5. The van der Waals surface area contributed by atoms with Crippen molar-refractivity contribution in [2.75, 3.05) is 5.32 Å². The molecular weight excluding hydrogens is 301 g/mol. The minimum Gasteiger partial charge on any atom is -0.353 e. The molecule has 1 N–H and O–H groups in total. The van der Waals surface area contributed by atoms with Crippen LogP contribution in [0.2, 0.25) is 0 Å². The average molecular weight is 317 g/mol. The zero-order chi connectivity index (χ0) is 15.5. The maximum absolute atomic E-state index is 12.9. The van der Waals surface area contributed by atoms with Crippen LogP contribution in [0.25, 0.3) is 0 Å². The summed E-state index contributed by atoms with van der Waals surface area (Å²) < 4.78 is 14.7. The van der Waals surface area contributed by atoms with Gasteiger partial charge in [-0.15, -0.1) is 10.2 Å². The predicted octanol–water partition coefficient (Wildman–Crippen LogP) is 3.17. The largest absolute Gasteiger partial charge is 0.353 e. The molecule has 0 aliphatic heterocycles. The van der Waals surface area contributed by atoms with Gasteiger partial charge >= 0.3 is 0 Å². The van der Waals surface area contributed by atoms with E-state index >= 15 is 0 Å². The third-order valence-corrected chi connectivity index (χ3v) is 4.15. The molecule has 22 heavy (non-hydrogen) atoms. The summed E-state index contributed by atoms with van der Waals surface area (Å²) in [5.74, 6) is -0.228. The molecule has 3 aromatic rings. The van der Waals surface area contributed by atoms with Gasteiger partial charge in [0.1, 0.15) is 10.8 Å². The van der Waals surface area contributed by atoms with Crippen molar-refractivity contribution in [1.82, 2.24) is 20.0 Å². The molecule has 0 bridgehead atoms. The minimum absolute atomic E-state index is 0.111. The Kier molecular flexibility index (Phi) is 4.15.